The fourth-order valence-electron chi connectivity index (χ4n) is 1.45. The summed E-state index contributed by atoms with van der Waals surface area (Å²) in [6, 6.07) is 9.65. The zero-order chi connectivity index (χ0) is 13.1. The van der Waals surface area contributed by atoms with E-state index in [0.29, 0.717) is 5.69 Å². The van der Waals surface area contributed by atoms with Gasteiger partial charge < -0.3 is 5.32 Å². The van der Waals surface area contributed by atoms with Crippen molar-refractivity contribution in [2.24, 2.45) is 0 Å². The van der Waals surface area contributed by atoms with Gasteiger partial charge in [0.1, 0.15) is 5.69 Å². The van der Waals surface area contributed by atoms with Crippen molar-refractivity contribution in [1.29, 1.82) is 0 Å². The fraction of sp³-hybridized carbons (Fsp3) is 0.0769. The van der Waals surface area contributed by atoms with Crippen LogP contribution in [0.15, 0.2) is 40.9 Å². The molecule has 1 N–H and O–H groups in total. The first-order valence-corrected chi connectivity index (χ1v) is 6.05. The molecule has 0 spiro atoms. The van der Waals surface area contributed by atoms with Gasteiger partial charge in [-0.25, -0.2) is 4.98 Å². The van der Waals surface area contributed by atoms with Crippen molar-refractivity contribution >= 4 is 27.5 Å². The lowest BCUT2D eigenvalue weighted by atomic mass is 10.2. The summed E-state index contributed by atoms with van der Waals surface area (Å²) in [5, 5.41) is 2.70. The Morgan fingerprint density at radius 2 is 2.11 bits per heavy atom. The van der Waals surface area contributed by atoms with E-state index in [0.717, 1.165) is 10.0 Å². The number of pyridine rings is 1. The number of anilines is 1. The summed E-state index contributed by atoms with van der Waals surface area (Å²) in [5.41, 5.74) is 1.64. The van der Waals surface area contributed by atoms with Crippen LogP contribution in [-0.4, -0.2) is 10.9 Å². The third-order valence-electron chi connectivity index (χ3n) is 2.40. The first-order chi connectivity index (χ1) is 8.56. The highest BCUT2D eigenvalue weighted by molar-refractivity contribution is 9.10. The molecule has 18 heavy (non-hydrogen) atoms. The third-order valence-corrected chi connectivity index (χ3v) is 2.89. The Hall–Kier alpha value is -1.75. The Morgan fingerprint density at radius 3 is 2.83 bits per heavy atom. The van der Waals surface area contributed by atoms with E-state index in [1.54, 1.807) is 6.07 Å². The van der Waals surface area contributed by atoms with Gasteiger partial charge in [-0.05, 0) is 36.8 Å². The van der Waals surface area contributed by atoms with E-state index in [1.165, 1.54) is 18.2 Å². The third kappa shape index (κ3) is 2.92. The van der Waals surface area contributed by atoms with Gasteiger partial charge in [-0.2, -0.15) is 4.39 Å². The first-order valence-electron chi connectivity index (χ1n) is 5.26. The van der Waals surface area contributed by atoms with Crippen LogP contribution >= 0.6 is 15.9 Å². The number of carbonyl (C=O) groups excluding carboxylic acids is 1. The minimum atomic E-state index is -0.673. The molecular formula is C13H10BrFN2O. The monoisotopic (exact) mass is 308 g/mol. The average Bonchev–Trinajstić information content (AvgIpc) is 2.34. The van der Waals surface area contributed by atoms with Gasteiger partial charge in [0.05, 0.1) is 0 Å². The van der Waals surface area contributed by atoms with Crippen LogP contribution in [0.2, 0.25) is 0 Å². The molecule has 0 unspecified atom stereocenters. The molecule has 1 amide bonds. The number of nitrogens with zero attached hydrogens (tertiary/aromatic N) is 1. The topological polar surface area (TPSA) is 42.0 Å². The highest BCUT2D eigenvalue weighted by Gasteiger charge is 2.10. The summed E-state index contributed by atoms with van der Waals surface area (Å²) in [6.45, 7) is 1.88. The van der Waals surface area contributed by atoms with Crippen molar-refractivity contribution in [2.45, 2.75) is 6.92 Å². The summed E-state index contributed by atoms with van der Waals surface area (Å²) in [4.78, 5) is 15.4. The minimum absolute atomic E-state index is 0.0503. The molecule has 1 aromatic heterocycles. The van der Waals surface area contributed by atoms with Crippen LogP contribution in [0.25, 0.3) is 0 Å². The van der Waals surface area contributed by atoms with Gasteiger partial charge in [0.15, 0.2) is 0 Å². The molecule has 5 heteroatoms. The molecule has 0 aliphatic carbocycles. The number of amides is 1. The van der Waals surface area contributed by atoms with Crippen molar-refractivity contribution in [2.75, 3.05) is 5.32 Å². The Kier molecular flexibility index (Phi) is 3.72. The minimum Gasteiger partial charge on any atom is -0.320 e. The number of nitrogens with one attached hydrogen (secondary N) is 1. The maximum atomic E-state index is 12.9. The Balaban J connectivity index is 2.24. The predicted octanol–water partition coefficient (Wildman–Crippen LogP) is 3.54. The van der Waals surface area contributed by atoms with Crippen LogP contribution in [0, 0.1) is 12.9 Å². The van der Waals surface area contributed by atoms with Crippen LogP contribution in [0.1, 0.15) is 16.1 Å². The van der Waals surface area contributed by atoms with Gasteiger partial charge in [0.2, 0.25) is 5.95 Å². The Labute approximate surface area is 112 Å². The van der Waals surface area contributed by atoms with E-state index in [4.69, 9.17) is 0 Å². The highest BCUT2D eigenvalue weighted by Crippen LogP contribution is 2.21. The zero-order valence-corrected chi connectivity index (χ0v) is 11.2. The van der Waals surface area contributed by atoms with Gasteiger partial charge >= 0.3 is 0 Å². The van der Waals surface area contributed by atoms with Crippen LogP contribution < -0.4 is 5.32 Å². The number of benzene rings is 1. The molecule has 2 aromatic rings. The Bertz CT molecular complexity index is 601. The molecule has 0 aliphatic heterocycles. The predicted molar refractivity (Wildman–Crippen MR) is 71.0 cm³/mol. The molecule has 0 atom stereocenters. The number of hydrogen-bond acceptors (Lipinski definition) is 2. The number of halogens is 2. The van der Waals surface area contributed by atoms with Crippen molar-refractivity contribution in [1.82, 2.24) is 4.98 Å². The van der Waals surface area contributed by atoms with E-state index in [-0.39, 0.29) is 5.69 Å². The number of aryl methyl sites for hydroxylation is 1. The van der Waals surface area contributed by atoms with E-state index in [9.17, 15) is 9.18 Å². The van der Waals surface area contributed by atoms with Crippen LogP contribution in [0.4, 0.5) is 10.1 Å². The van der Waals surface area contributed by atoms with Gasteiger partial charge in [-0.3, -0.25) is 4.79 Å². The lowest BCUT2D eigenvalue weighted by molar-refractivity contribution is 0.102. The molecule has 3 nitrogen and oxygen atoms in total. The molecular weight excluding hydrogens is 299 g/mol. The molecule has 1 heterocycles. The Morgan fingerprint density at radius 1 is 1.33 bits per heavy atom. The summed E-state index contributed by atoms with van der Waals surface area (Å²) < 4.78 is 13.8. The SMILES string of the molecule is Cc1ccc(Br)cc1NC(=O)c1cccc(F)n1. The quantitative estimate of drug-likeness (QED) is 0.862. The molecule has 0 aliphatic rings. The maximum Gasteiger partial charge on any atom is 0.274 e. The van der Waals surface area contributed by atoms with Crippen LogP contribution in [0.5, 0.6) is 0 Å². The summed E-state index contributed by atoms with van der Waals surface area (Å²) in [6.07, 6.45) is 0. The average molecular weight is 309 g/mol. The molecule has 92 valence electrons. The van der Waals surface area contributed by atoms with Crippen LogP contribution in [-0.2, 0) is 0 Å². The lowest BCUT2D eigenvalue weighted by Gasteiger charge is -2.08. The normalized spacial score (nSPS) is 10.2. The number of aromatic nitrogens is 1. The number of hydrogen-bond donors (Lipinski definition) is 1. The van der Waals surface area contributed by atoms with Crippen molar-refractivity contribution in [3.8, 4) is 0 Å². The first kappa shape index (κ1) is 12.7. The molecule has 0 radical (unpaired) electrons. The molecule has 1 aromatic carbocycles. The number of carbonyl (C=O) groups is 1. The van der Waals surface area contributed by atoms with E-state index < -0.39 is 11.9 Å². The van der Waals surface area contributed by atoms with E-state index >= 15 is 0 Å². The van der Waals surface area contributed by atoms with Crippen molar-refractivity contribution in [3.63, 3.8) is 0 Å². The zero-order valence-electron chi connectivity index (χ0n) is 9.58. The van der Waals surface area contributed by atoms with E-state index in [1.807, 2.05) is 19.1 Å². The summed E-state index contributed by atoms with van der Waals surface area (Å²) in [5.74, 6) is -1.11. The van der Waals surface area contributed by atoms with Gasteiger partial charge in [0.25, 0.3) is 5.91 Å². The van der Waals surface area contributed by atoms with Gasteiger partial charge in [-0.1, -0.05) is 28.1 Å². The molecule has 0 saturated carbocycles. The van der Waals surface area contributed by atoms with Gasteiger partial charge in [-0.15, -0.1) is 0 Å². The fourth-order valence-corrected chi connectivity index (χ4v) is 1.81. The standard InChI is InChI=1S/C13H10BrFN2O/c1-8-5-6-9(14)7-11(8)17-13(18)10-3-2-4-12(15)16-10/h2-7H,1H3,(H,17,18). The number of rotatable bonds is 2. The van der Waals surface area contributed by atoms with Crippen molar-refractivity contribution < 1.29 is 9.18 Å². The highest BCUT2D eigenvalue weighted by atomic mass is 79.9. The lowest BCUT2D eigenvalue weighted by Crippen LogP contribution is -2.14. The van der Waals surface area contributed by atoms with Crippen molar-refractivity contribution in [3.05, 3.63) is 58.1 Å². The maximum absolute atomic E-state index is 12.9. The summed E-state index contributed by atoms with van der Waals surface area (Å²) >= 11 is 3.33. The second kappa shape index (κ2) is 5.27. The molecule has 0 bridgehead atoms. The molecule has 2 rings (SSSR count). The van der Waals surface area contributed by atoms with E-state index in [2.05, 4.69) is 26.2 Å². The smallest absolute Gasteiger partial charge is 0.274 e. The van der Waals surface area contributed by atoms with Gasteiger partial charge in [0, 0.05) is 10.2 Å². The van der Waals surface area contributed by atoms with Crippen LogP contribution in [0.3, 0.4) is 0 Å². The second-order valence-electron chi connectivity index (χ2n) is 3.76. The molecule has 0 fully saturated rings. The second-order valence-corrected chi connectivity index (χ2v) is 4.67. The largest absolute Gasteiger partial charge is 0.320 e. The molecule has 0 saturated heterocycles. The summed E-state index contributed by atoms with van der Waals surface area (Å²) in [7, 11) is 0.